The molecule has 0 saturated carbocycles. The standard InChI is InChI=1S/C12H16N2O3/c1-12(2)11(16)13-5-6-14(12)7-9-3-4-10(8-15)17-9/h3-4,8H,5-7H2,1-2H3,(H,13,16). The Bertz CT molecular complexity index is 437. The second-order valence-corrected chi connectivity index (χ2v) is 4.66. The fourth-order valence-electron chi connectivity index (χ4n) is 1.95. The van der Waals surface area contributed by atoms with Gasteiger partial charge in [0.25, 0.3) is 0 Å². The van der Waals surface area contributed by atoms with Crippen molar-refractivity contribution < 1.29 is 14.0 Å². The third kappa shape index (κ3) is 2.24. The lowest BCUT2D eigenvalue weighted by Crippen LogP contribution is -2.61. The van der Waals surface area contributed by atoms with Crippen LogP contribution in [0.1, 0.15) is 30.2 Å². The number of rotatable bonds is 3. The molecule has 0 bridgehead atoms. The molecule has 1 aromatic heterocycles. The summed E-state index contributed by atoms with van der Waals surface area (Å²) in [4.78, 5) is 24.3. The average Bonchev–Trinajstić information content (AvgIpc) is 2.73. The largest absolute Gasteiger partial charge is 0.457 e. The molecule has 1 N–H and O–H groups in total. The fraction of sp³-hybridized carbons (Fsp3) is 0.500. The summed E-state index contributed by atoms with van der Waals surface area (Å²) in [6.07, 6.45) is 0.678. The van der Waals surface area contributed by atoms with E-state index in [2.05, 4.69) is 5.32 Å². The minimum Gasteiger partial charge on any atom is -0.457 e. The predicted molar refractivity (Wildman–Crippen MR) is 61.6 cm³/mol. The van der Waals surface area contributed by atoms with Crippen molar-refractivity contribution in [2.45, 2.75) is 25.9 Å². The van der Waals surface area contributed by atoms with E-state index in [1.807, 2.05) is 18.7 Å². The summed E-state index contributed by atoms with van der Waals surface area (Å²) in [6, 6.07) is 3.41. The Labute approximate surface area is 99.8 Å². The van der Waals surface area contributed by atoms with Crippen molar-refractivity contribution in [1.82, 2.24) is 10.2 Å². The van der Waals surface area contributed by atoms with Crippen LogP contribution in [-0.4, -0.2) is 35.7 Å². The van der Waals surface area contributed by atoms with Crippen molar-refractivity contribution in [1.29, 1.82) is 0 Å². The first-order valence-electron chi connectivity index (χ1n) is 5.61. The third-order valence-electron chi connectivity index (χ3n) is 3.16. The van der Waals surface area contributed by atoms with Crippen molar-refractivity contribution in [2.75, 3.05) is 13.1 Å². The Morgan fingerprint density at radius 2 is 2.29 bits per heavy atom. The number of nitrogens with one attached hydrogen (secondary N) is 1. The van der Waals surface area contributed by atoms with Gasteiger partial charge >= 0.3 is 0 Å². The summed E-state index contributed by atoms with van der Waals surface area (Å²) in [6.45, 7) is 5.71. The molecular weight excluding hydrogens is 220 g/mol. The van der Waals surface area contributed by atoms with Gasteiger partial charge in [-0.15, -0.1) is 0 Å². The molecule has 92 valence electrons. The molecule has 0 unspecified atom stereocenters. The van der Waals surface area contributed by atoms with Crippen LogP contribution in [0.2, 0.25) is 0 Å². The second-order valence-electron chi connectivity index (χ2n) is 4.66. The Morgan fingerprint density at radius 3 is 2.94 bits per heavy atom. The van der Waals surface area contributed by atoms with Crippen molar-refractivity contribution >= 4 is 12.2 Å². The Balaban J connectivity index is 2.12. The van der Waals surface area contributed by atoms with E-state index < -0.39 is 5.54 Å². The first kappa shape index (κ1) is 11.9. The number of furan rings is 1. The molecule has 1 saturated heterocycles. The number of piperazine rings is 1. The van der Waals surface area contributed by atoms with Gasteiger partial charge in [0.15, 0.2) is 12.0 Å². The molecule has 0 radical (unpaired) electrons. The van der Waals surface area contributed by atoms with Gasteiger partial charge in [0.1, 0.15) is 5.76 Å². The minimum absolute atomic E-state index is 0.0194. The normalized spacial score (nSPS) is 20.0. The molecule has 1 fully saturated rings. The number of carbonyl (C=O) groups excluding carboxylic acids is 2. The van der Waals surface area contributed by atoms with Gasteiger partial charge in [0.05, 0.1) is 12.1 Å². The van der Waals surface area contributed by atoms with Crippen LogP contribution in [0.4, 0.5) is 0 Å². The molecule has 0 spiro atoms. The zero-order chi connectivity index (χ0) is 12.5. The van der Waals surface area contributed by atoms with Crippen LogP contribution < -0.4 is 5.32 Å². The molecule has 1 aromatic rings. The summed E-state index contributed by atoms with van der Waals surface area (Å²) in [5.74, 6) is 1.04. The molecule has 1 amide bonds. The van der Waals surface area contributed by atoms with Crippen LogP contribution in [0.25, 0.3) is 0 Å². The van der Waals surface area contributed by atoms with Crippen LogP contribution in [0.5, 0.6) is 0 Å². The topological polar surface area (TPSA) is 62.6 Å². The molecular formula is C12H16N2O3. The lowest BCUT2D eigenvalue weighted by Gasteiger charge is -2.40. The highest BCUT2D eigenvalue weighted by Gasteiger charge is 2.37. The van der Waals surface area contributed by atoms with Gasteiger partial charge in [-0.1, -0.05) is 0 Å². The Kier molecular flexibility index (Phi) is 3.02. The van der Waals surface area contributed by atoms with Crippen LogP contribution in [0.3, 0.4) is 0 Å². The predicted octanol–water partition coefficient (Wildman–Crippen LogP) is 0.802. The fourth-order valence-corrected chi connectivity index (χ4v) is 1.95. The van der Waals surface area contributed by atoms with E-state index in [0.29, 0.717) is 30.9 Å². The molecule has 17 heavy (non-hydrogen) atoms. The summed E-state index contributed by atoms with van der Waals surface area (Å²) in [5.41, 5.74) is -0.549. The number of aldehydes is 1. The van der Waals surface area contributed by atoms with E-state index >= 15 is 0 Å². The van der Waals surface area contributed by atoms with Crippen LogP contribution in [0.15, 0.2) is 16.5 Å². The van der Waals surface area contributed by atoms with Crippen molar-refractivity contribution in [3.05, 3.63) is 23.7 Å². The number of amides is 1. The summed E-state index contributed by atoms with van der Waals surface area (Å²) in [7, 11) is 0. The minimum atomic E-state index is -0.549. The van der Waals surface area contributed by atoms with Crippen LogP contribution >= 0.6 is 0 Å². The van der Waals surface area contributed by atoms with Gasteiger partial charge in [-0.3, -0.25) is 14.5 Å². The van der Waals surface area contributed by atoms with E-state index in [0.717, 1.165) is 6.54 Å². The summed E-state index contributed by atoms with van der Waals surface area (Å²) >= 11 is 0. The summed E-state index contributed by atoms with van der Waals surface area (Å²) in [5, 5.41) is 2.84. The number of hydrogen-bond donors (Lipinski definition) is 1. The van der Waals surface area contributed by atoms with Gasteiger partial charge in [0, 0.05) is 13.1 Å². The molecule has 2 heterocycles. The lowest BCUT2D eigenvalue weighted by molar-refractivity contribution is -0.135. The molecule has 5 nitrogen and oxygen atoms in total. The second kappa shape index (κ2) is 4.33. The quantitative estimate of drug-likeness (QED) is 0.789. The Morgan fingerprint density at radius 1 is 1.53 bits per heavy atom. The van der Waals surface area contributed by atoms with E-state index in [9.17, 15) is 9.59 Å². The molecule has 1 aliphatic heterocycles. The van der Waals surface area contributed by atoms with Crippen LogP contribution in [-0.2, 0) is 11.3 Å². The maximum absolute atomic E-state index is 11.7. The van der Waals surface area contributed by atoms with Crippen molar-refractivity contribution in [3.8, 4) is 0 Å². The van der Waals surface area contributed by atoms with Gasteiger partial charge in [-0.2, -0.15) is 0 Å². The monoisotopic (exact) mass is 236 g/mol. The van der Waals surface area contributed by atoms with Crippen molar-refractivity contribution in [3.63, 3.8) is 0 Å². The maximum atomic E-state index is 11.7. The van der Waals surface area contributed by atoms with E-state index in [-0.39, 0.29) is 5.91 Å². The van der Waals surface area contributed by atoms with E-state index in [1.54, 1.807) is 12.1 Å². The smallest absolute Gasteiger partial charge is 0.240 e. The highest BCUT2D eigenvalue weighted by Crippen LogP contribution is 2.21. The van der Waals surface area contributed by atoms with Gasteiger partial charge in [0.2, 0.25) is 5.91 Å². The van der Waals surface area contributed by atoms with E-state index in [1.165, 1.54) is 0 Å². The molecule has 2 rings (SSSR count). The molecule has 5 heteroatoms. The first-order chi connectivity index (χ1) is 8.04. The maximum Gasteiger partial charge on any atom is 0.240 e. The lowest BCUT2D eigenvalue weighted by atomic mass is 9.99. The van der Waals surface area contributed by atoms with Crippen LogP contribution in [0, 0.1) is 0 Å². The van der Waals surface area contributed by atoms with Gasteiger partial charge < -0.3 is 9.73 Å². The summed E-state index contributed by atoms with van der Waals surface area (Å²) < 4.78 is 5.32. The van der Waals surface area contributed by atoms with Crippen molar-refractivity contribution in [2.24, 2.45) is 0 Å². The SMILES string of the molecule is CC1(C)C(=O)NCCN1Cc1ccc(C=O)o1. The highest BCUT2D eigenvalue weighted by molar-refractivity contribution is 5.86. The zero-order valence-corrected chi connectivity index (χ0v) is 10.0. The molecule has 0 aromatic carbocycles. The zero-order valence-electron chi connectivity index (χ0n) is 10.0. The highest BCUT2D eigenvalue weighted by atomic mass is 16.3. The van der Waals surface area contributed by atoms with Gasteiger partial charge in [-0.05, 0) is 26.0 Å². The molecule has 1 aliphatic rings. The third-order valence-corrected chi connectivity index (χ3v) is 3.16. The number of nitrogens with zero attached hydrogens (tertiary/aromatic N) is 1. The van der Waals surface area contributed by atoms with E-state index in [4.69, 9.17) is 4.42 Å². The first-order valence-corrected chi connectivity index (χ1v) is 5.61. The molecule has 0 atom stereocenters. The Hall–Kier alpha value is -1.62. The number of carbonyl (C=O) groups is 2. The average molecular weight is 236 g/mol. The molecule has 0 aliphatic carbocycles. The number of hydrogen-bond acceptors (Lipinski definition) is 4. The van der Waals surface area contributed by atoms with Gasteiger partial charge in [-0.25, -0.2) is 0 Å².